The predicted octanol–water partition coefficient (Wildman–Crippen LogP) is 7.50. The molecule has 10 heteroatoms. The molecular formula is C32H38N4O6. The number of hydrogen-bond donors (Lipinski definition) is 4. The van der Waals surface area contributed by atoms with Crippen LogP contribution in [-0.4, -0.2) is 35.2 Å². The molecule has 0 atom stereocenters. The van der Waals surface area contributed by atoms with Gasteiger partial charge in [0.25, 0.3) is 11.8 Å². The molecule has 42 heavy (non-hydrogen) atoms. The number of rotatable bonds is 6. The summed E-state index contributed by atoms with van der Waals surface area (Å²) in [5, 5.41) is 11.0. The number of ether oxygens (including phenoxy) is 2. The van der Waals surface area contributed by atoms with Crippen molar-refractivity contribution in [3.05, 3.63) is 82.9 Å². The van der Waals surface area contributed by atoms with E-state index < -0.39 is 23.4 Å². The van der Waals surface area contributed by atoms with Crippen molar-refractivity contribution in [1.82, 2.24) is 0 Å². The highest BCUT2D eigenvalue weighted by molar-refractivity contribution is 6.09. The second-order valence-electron chi connectivity index (χ2n) is 11.8. The number of carbonyl (C=O) groups excluding carboxylic acids is 4. The number of benzene rings is 3. The van der Waals surface area contributed by atoms with Crippen molar-refractivity contribution in [2.45, 2.75) is 66.6 Å². The molecule has 4 N–H and O–H groups in total. The highest BCUT2D eigenvalue weighted by atomic mass is 16.6. The first-order chi connectivity index (χ1) is 19.5. The highest BCUT2D eigenvalue weighted by Crippen LogP contribution is 2.22. The quantitative estimate of drug-likeness (QED) is 0.241. The van der Waals surface area contributed by atoms with E-state index in [9.17, 15) is 19.2 Å². The normalized spacial score (nSPS) is 11.2. The van der Waals surface area contributed by atoms with Crippen molar-refractivity contribution in [1.29, 1.82) is 0 Å². The summed E-state index contributed by atoms with van der Waals surface area (Å²) in [6.07, 6.45) is -1.14. The highest BCUT2D eigenvalue weighted by Gasteiger charge is 2.19. The fraction of sp³-hybridized carbons (Fsp3) is 0.312. The lowest BCUT2D eigenvalue weighted by molar-refractivity contribution is 0.0624. The Balaban J connectivity index is 1.62. The SMILES string of the molecule is Cc1cc(C(=O)Nc2ccc(NC(=O)OC(C)(C)C)cc2)c(C)cc1C(=O)Nc1ccc(NC(=O)OC(C)(C)C)cc1. The Labute approximate surface area is 246 Å². The van der Waals surface area contributed by atoms with Gasteiger partial charge in [0.2, 0.25) is 0 Å². The van der Waals surface area contributed by atoms with Gasteiger partial charge in [-0.05, 0) is 127 Å². The molecule has 0 aromatic heterocycles. The van der Waals surface area contributed by atoms with Crippen molar-refractivity contribution < 1.29 is 28.7 Å². The van der Waals surface area contributed by atoms with Gasteiger partial charge in [0.05, 0.1) is 0 Å². The number of nitrogens with one attached hydrogen (secondary N) is 4. The van der Waals surface area contributed by atoms with Gasteiger partial charge in [-0.2, -0.15) is 0 Å². The van der Waals surface area contributed by atoms with Crippen molar-refractivity contribution in [3.8, 4) is 0 Å². The maximum Gasteiger partial charge on any atom is 0.412 e. The maximum atomic E-state index is 13.0. The summed E-state index contributed by atoms with van der Waals surface area (Å²) < 4.78 is 10.5. The standard InChI is InChI=1S/C32H38N4O6/c1-19-17-26(28(38)34-22-11-15-24(16-12-22)36-30(40)42-32(6,7)8)20(2)18-25(19)27(37)33-21-9-13-23(14-10-21)35-29(39)41-31(3,4)5/h9-18H,1-8H3,(H,33,37)(H,34,38)(H,35,39)(H,36,40). The molecule has 0 spiro atoms. The zero-order valence-electron chi connectivity index (χ0n) is 25.2. The smallest absolute Gasteiger partial charge is 0.412 e. The van der Waals surface area contributed by atoms with E-state index in [0.29, 0.717) is 45.0 Å². The predicted molar refractivity (Wildman–Crippen MR) is 164 cm³/mol. The Hall–Kier alpha value is -4.86. The topological polar surface area (TPSA) is 135 Å². The molecule has 0 fully saturated rings. The number of carbonyl (C=O) groups is 4. The van der Waals surface area contributed by atoms with Crippen LogP contribution in [0.3, 0.4) is 0 Å². The number of aryl methyl sites for hydroxylation is 2. The number of hydrogen-bond acceptors (Lipinski definition) is 6. The van der Waals surface area contributed by atoms with Gasteiger partial charge in [-0.25, -0.2) is 9.59 Å². The molecule has 0 aliphatic rings. The van der Waals surface area contributed by atoms with E-state index >= 15 is 0 Å². The van der Waals surface area contributed by atoms with E-state index in [2.05, 4.69) is 21.3 Å². The van der Waals surface area contributed by atoms with Crippen LogP contribution in [0.4, 0.5) is 32.3 Å². The van der Waals surface area contributed by atoms with Crippen LogP contribution in [-0.2, 0) is 9.47 Å². The Morgan fingerprint density at radius 3 is 1.02 bits per heavy atom. The molecule has 0 aliphatic carbocycles. The number of anilines is 4. The van der Waals surface area contributed by atoms with E-state index in [1.54, 1.807) is 116 Å². The monoisotopic (exact) mass is 574 g/mol. The molecule has 0 heterocycles. The van der Waals surface area contributed by atoms with Gasteiger partial charge in [-0.1, -0.05) is 0 Å². The lowest BCUT2D eigenvalue weighted by atomic mass is 9.98. The summed E-state index contributed by atoms with van der Waals surface area (Å²) in [5.41, 5.74) is 3.02. The fourth-order valence-electron chi connectivity index (χ4n) is 3.82. The Kier molecular flexibility index (Phi) is 9.62. The molecule has 0 saturated carbocycles. The summed E-state index contributed by atoms with van der Waals surface area (Å²) in [6, 6.07) is 16.7. The van der Waals surface area contributed by atoms with E-state index in [-0.39, 0.29) is 11.8 Å². The zero-order chi connectivity index (χ0) is 31.2. The minimum absolute atomic E-state index is 0.330. The van der Waals surface area contributed by atoms with Crippen LogP contribution in [0, 0.1) is 13.8 Å². The Morgan fingerprint density at radius 2 is 0.762 bits per heavy atom. The minimum Gasteiger partial charge on any atom is -0.444 e. The van der Waals surface area contributed by atoms with Crippen molar-refractivity contribution in [3.63, 3.8) is 0 Å². The first kappa shape index (κ1) is 31.7. The summed E-state index contributed by atoms with van der Waals surface area (Å²) in [4.78, 5) is 50.0. The lowest BCUT2D eigenvalue weighted by Gasteiger charge is -2.19. The maximum absolute atomic E-state index is 13.0. The summed E-state index contributed by atoms with van der Waals surface area (Å²) >= 11 is 0. The van der Waals surface area contributed by atoms with Crippen LogP contribution < -0.4 is 21.3 Å². The van der Waals surface area contributed by atoms with Gasteiger partial charge in [0, 0.05) is 33.9 Å². The van der Waals surface area contributed by atoms with Gasteiger partial charge in [0.15, 0.2) is 0 Å². The molecule has 0 aliphatic heterocycles. The molecule has 3 aromatic carbocycles. The zero-order valence-corrected chi connectivity index (χ0v) is 25.2. The van der Waals surface area contributed by atoms with Crippen molar-refractivity contribution in [2.24, 2.45) is 0 Å². The average molecular weight is 575 g/mol. The van der Waals surface area contributed by atoms with Gasteiger partial charge < -0.3 is 20.1 Å². The fourth-order valence-corrected chi connectivity index (χ4v) is 3.82. The minimum atomic E-state index is -0.613. The van der Waals surface area contributed by atoms with Gasteiger partial charge in [-0.3, -0.25) is 20.2 Å². The second kappa shape index (κ2) is 12.8. The molecule has 4 amide bonds. The van der Waals surface area contributed by atoms with E-state index in [0.717, 1.165) is 0 Å². The Bertz CT molecular complexity index is 1350. The summed E-state index contributed by atoms with van der Waals surface area (Å²) in [7, 11) is 0. The van der Waals surface area contributed by atoms with Crippen LogP contribution in [0.25, 0.3) is 0 Å². The lowest BCUT2D eigenvalue weighted by Crippen LogP contribution is -2.27. The molecule has 0 radical (unpaired) electrons. The molecule has 3 aromatic rings. The van der Waals surface area contributed by atoms with Crippen LogP contribution in [0.2, 0.25) is 0 Å². The first-order valence-electron chi connectivity index (χ1n) is 13.4. The number of amides is 4. The Morgan fingerprint density at radius 1 is 0.500 bits per heavy atom. The molecule has 222 valence electrons. The first-order valence-corrected chi connectivity index (χ1v) is 13.4. The summed E-state index contributed by atoms with van der Waals surface area (Å²) in [6.45, 7) is 14.2. The van der Waals surface area contributed by atoms with Crippen LogP contribution >= 0.6 is 0 Å². The second-order valence-corrected chi connectivity index (χ2v) is 11.8. The molecule has 0 bridgehead atoms. The molecule has 3 rings (SSSR count). The van der Waals surface area contributed by atoms with Crippen LogP contribution in [0.5, 0.6) is 0 Å². The van der Waals surface area contributed by atoms with Crippen LogP contribution in [0.15, 0.2) is 60.7 Å². The van der Waals surface area contributed by atoms with Gasteiger partial charge in [0.1, 0.15) is 11.2 Å². The third kappa shape index (κ3) is 9.65. The van der Waals surface area contributed by atoms with Gasteiger partial charge in [-0.15, -0.1) is 0 Å². The van der Waals surface area contributed by atoms with Crippen molar-refractivity contribution in [2.75, 3.05) is 21.3 Å². The average Bonchev–Trinajstić information content (AvgIpc) is 2.85. The van der Waals surface area contributed by atoms with Gasteiger partial charge >= 0.3 is 12.2 Å². The van der Waals surface area contributed by atoms with Crippen molar-refractivity contribution >= 4 is 46.8 Å². The summed E-state index contributed by atoms with van der Waals surface area (Å²) in [5.74, 6) is -0.660. The molecule has 0 unspecified atom stereocenters. The third-order valence-electron chi connectivity index (χ3n) is 5.64. The molecule has 10 nitrogen and oxygen atoms in total. The van der Waals surface area contributed by atoms with E-state index in [4.69, 9.17) is 9.47 Å². The largest absolute Gasteiger partial charge is 0.444 e. The third-order valence-corrected chi connectivity index (χ3v) is 5.64. The van der Waals surface area contributed by atoms with E-state index in [1.807, 2.05) is 0 Å². The molecule has 0 saturated heterocycles. The molecular weight excluding hydrogens is 536 g/mol. The van der Waals surface area contributed by atoms with E-state index in [1.165, 1.54) is 0 Å². The van der Waals surface area contributed by atoms with Crippen LogP contribution in [0.1, 0.15) is 73.4 Å².